The van der Waals surface area contributed by atoms with Gasteiger partial charge in [-0.15, -0.1) is 5.10 Å². The molecule has 0 amide bonds. The van der Waals surface area contributed by atoms with Crippen LogP contribution in [0.1, 0.15) is 19.5 Å². The molecule has 0 saturated carbocycles. The van der Waals surface area contributed by atoms with Crippen molar-refractivity contribution < 1.29 is 5.11 Å². The molecule has 0 unspecified atom stereocenters. The van der Waals surface area contributed by atoms with Crippen LogP contribution in [0.15, 0.2) is 34.9 Å². The van der Waals surface area contributed by atoms with E-state index in [9.17, 15) is 5.11 Å². The molecule has 16 heavy (non-hydrogen) atoms. The van der Waals surface area contributed by atoms with E-state index in [0.29, 0.717) is 5.69 Å². The number of benzene rings is 1. The molecule has 0 aliphatic heterocycles. The third-order valence-electron chi connectivity index (χ3n) is 2.22. The number of hydrogen-bond acceptors (Lipinski definition) is 3. The minimum Gasteiger partial charge on any atom is -0.384 e. The highest BCUT2D eigenvalue weighted by molar-refractivity contribution is 9.10. The third kappa shape index (κ3) is 2.15. The molecule has 0 bridgehead atoms. The number of aliphatic hydroxyl groups is 1. The highest BCUT2D eigenvalue weighted by Crippen LogP contribution is 2.22. The smallest absolute Gasteiger partial charge is 0.114 e. The Morgan fingerprint density at radius 3 is 2.56 bits per heavy atom. The number of nitrogens with zero attached hydrogens (tertiary/aromatic N) is 3. The molecular formula is C11H12BrN3O. The SMILES string of the molecule is CC(C)(O)c1cn(-c2ccccc2Br)nn1. The number of halogens is 1. The molecule has 5 heteroatoms. The summed E-state index contributed by atoms with van der Waals surface area (Å²) in [4.78, 5) is 0. The average molecular weight is 282 g/mol. The zero-order valence-corrected chi connectivity index (χ0v) is 10.6. The first-order chi connectivity index (χ1) is 7.48. The summed E-state index contributed by atoms with van der Waals surface area (Å²) < 4.78 is 2.57. The molecule has 84 valence electrons. The van der Waals surface area contributed by atoms with Crippen molar-refractivity contribution >= 4 is 15.9 Å². The predicted octanol–water partition coefficient (Wildman–Crippen LogP) is 2.26. The topological polar surface area (TPSA) is 50.9 Å². The van der Waals surface area contributed by atoms with Gasteiger partial charge < -0.3 is 5.11 Å². The molecule has 0 fully saturated rings. The summed E-state index contributed by atoms with van der Waals surface area (Å²) in [7, 11) is 0. The van der Waals surface area contributed by atoms with Gasteiger partial charge in [0, 0.05) is 4.47 Å². The van der Waals surface area contributed by atoms with Crippen LogP contribution < -0.4 is 0 Å². The van der Waals surface area contributed by atoms with Gasteiger partial charge >= 0.3 is 0 Å². The van der Waals surface area contributed by atoms with Crippen LogP contribution in [0.2, 0.25) is 0 Å². The Kier molecular flexibility index (Phi) is 2.82. The zero-order chi connectivity index (χ0) is 11.8. The first-order valence-electron chi connectivity index (χ1n) is 4.88. The van der Waals surface area contributed by atoms with Crippen molar-refractivity contribution in [2.75, 3.05) is 0 Å². The van der Waals surface area contributed by atoms with E-state index in [0.717, 1.165) is 10.2 Å². The summed E-state index contributed by atoms with van der Waals surface area (Å²) in [5, 5.41) is 17.7. The Morgan fingerprint density at radius 2 is 2.00 bits per heavy atom. The van der Waals surface area contributed by atoms with Crippen LogP contribution in [0.3, 0.4) is 0 Å². The number of para-hydroxylation sites is 1. The van der Waals surface area contributed by atoms with E-state index in [1.165, 1.54) is 0 Å². The van der Waals surface area contributed by atoms with E-state index in [1.54, 1.807) is 24.7 Å². The molecule has 1 heterocycles. The minimum atomic E-state index is -0.973. The minimum absolute atomic E-state index is 0.545. The van der Waals surface area contributed by atoms with Crippen LogP contribution in [-0.2, 0) is 5.60 Å². The van der Waals surface area contributed by atoms with E-state index in [-0.39, 0.29) is 0 Å². The standard InChI is InChI=1S/C11H12BrN3O/c1-11(2,16)10-7-15(14-13-10)9-6-4-3-5-8(9)12/h3-7,16H,1-2H3. The second-order valence-corrected chi connectivity index (χ2v) is 4.91. The van der Waals surface area contributed by atoms with Gasteiger partial charge in [0.25, 0.3) is 0 Å². The number of hydrogen-bond donors (Lipinski definition) is 1. The molecule has 4 nitrogen and oxygen atoms in total. The van der Waals surface area contributed by atoms with Gasteiger partial charge in [0.15, 0.2) is 0 Å². The van der Waals surface area contributed by atoms with Crippen molar-refractivity contribution in [1.29, 1.82) is 0 Å². The molecule has 2 rings (SSSR count). The number of rotatable bonds is 2. The molecule has 1 aromatic heterocycles. The van der Waals surface area contributed by atoms with E-state index >= 15 is 0 Å². The van der Waals surface area contributed by atoms with Crippen molar-refractivity contribution in [3.8, 4) is 5.69 Å². The van der Waals surface area contributed by atoms with Crippen molar-refractivity contribution in [2.24, 2.45) is 0 Å². The highest BCUT2D eigenvalue weighted by atomic mass is 79.9. The molecular weight excluding hydrogens is 270 g/mol. The summed E-state index contributed by atoms with van der Waals surface area (Å²) in [6.45, 7) is 3.36. The lowest BCUT2D eigenvalue weighted by molar-refractivity contribution is 0.0737. The van der Waals surface area contributed by atoms with Gasteiger partial charge in [0.2, 0.25) is 0 Å². The monoisotopic (exact) mass is 281 g/mol. The maximum Gasteiger partial charge on any atom is 0.114 e. The molecule has 0 radical (unpaired) electrons. The molecule has 0 saturated heterocycles. The zero-order valence-electron chi connectivity index (χ0n) is 9.05. The molecule has 0 spiro atoms. The van der Waals surface area contributed by atoms with Gasteiger partial charge in [-0.05, 0) is 41.9 Å². The summed E-state index contributed by atoms with van der Waals surface area (Å²) in [5.74, 6) is 0. The van der Waals surface area contributed by atoms with Crippen molar-refractivity contribution in [3.63, 3.8) is 0 Å². The average Bonchev–Trinajstić information content (AvgIpc) is 2.66. The summed E-state index contributed by atoms with van der Waals surface area (Å²) in [6, 6.07) is 7.71. The molecule has 0 aliphatic rings. The lowest BCUT2D eigenvalue weighted by atomic mass is 10.1. The van der Waals surface area contributed by atoms with Gasteiger partial charge in [0.1, 0.15) is 11.3 Å². The van der Waals surface area contributed by atoms with Crippen LogP contribution in [0.25, 0.3) is 5.69 Å². The summed E-state index contributed by atoms with van der Waals surface area (Å²) in [6.07, 6.45) is 1.72. The first kappa shape index (κ1) is 11.3. The molecule has 0 atom stereocenters. The second-order valence-electron chi connectivity index (χ2n) is 4.06. The Bertz CT molecular complexity index is 502. The van der Waals surface area contributed by atoms with Gasteiger partial charge in [-0.25, -0.2) is 4.68 Å². The maximum absolute atomic E-state index is 9.79. The highest BCUT2D eigenvalue weighted by Gasteiger charge is 2.20. The Labute approximate surface area is 102 Å². The first-order valence-corrected chi connectivity index (χ1v) is 5.68. The van der Waals surface area contributed by atoms with Crippen molar-refractivity contribution in [2.45, 2.75) is 19.4 Å². The van der Waals surface area contributed by atoms with Gasteiger partial charge in [-0.2, -0.15) is 0 Å². The second kappa shape index (κ2) is 3.99. The van der Waals surface area contributed by atoms with Crippen LogP contribution in [-0.4, -0.2) is 20.1 Å². The van der Waals surface area contributed by atoms with Crippen LogP contribution >= 0.6 is 15.9 Å². The van der Waals surface area contributed by atoms with Crippen molar-refractivity contribution in [3.05, 3.63) is 40.6 Å². The summed E-state index contributed by atoms with van der Waals surface area (Å²) in [5.41, 5.74) is 0.466. The van der Waals surface area contributed by atoms with Gasteiger partial charge in [-0.1, -0.05) is 17.3 Å². The van der Waals surface area contributed by atoms with E-state index in [1.807, 2.05) is 24.3 Å². The molecule has 2 aromatic rings. The molecule has 1 N–H and O–H groups in total. The Morgan fingerprint density at radius 1 is 1.31 bits per heavy atom. The van der Waals surface area contributed by atoms with Crippen LogP contribution in [0.4, 0.5) is 0 Å². The fraction of sp³-hybridized carbons (Fsp3) is 0.273. The van der Waals surface area contributed by atoms with Gasteiger partial charge in [0.05, 0.1) is 11.9 Å². The quantitative estimate of drug-likeness (QED) is 0.919. The Hall–Kier alpha value is -1.20. The normalized spacial score (nSPS) is 11.8. The van der Waals surface area contributed by atoms with Gasteiger partial charge in [-0.3, -0.25) is 0 Å². The Balaban J connectivity index is 2.44. The van der Waals surface area contributed by atoms with Crippen LogP contribution in [0.5, 0.6) is 0 Å². The van der Waals surface area contributed by atoms with E-state index < -0.39 is 5.60 Å². The molecule has 1 aromatic carbocycles. The predicted molar refractivity (Wildman–Crippen MR) is 64.3 cm³/mol. The van der Waals surface area contributed by atoms with E-state index in [2.05, 4.69) is 26.2 Å². The van der Waals surface area contributed by atoms with E-state index in [4.69, 9.17) is 0 Å². The largest absolute Gasteiger partial charge is 0.384 e. The number of aromatic nitrogens is 3. The third-order valence-corrected chi connectivity index (χ3v) is 2.89. The molecule has 0 aliphatic carbocycles. The van der Waals surface area contributed by atoms with Crippen LogP contribution in [0, 0.1) is 0 Å². The van der Waals surface area contributed by atoms with Crippen molar-refractivity contribution in [1.82, 2.24) is 15.0 Å². The fourth-order valence-corrected chi connectivity index (χ4v) is 1.77. The lowest BCUT2D eigenvalue weighted by Crippen LogP contribution is -2.15. The maximum atomic E-state index is 9.79. The fourth-order valence-electron chi connectivity index (χ4n) is 1.30. The summed E-state index contributed by atoms with van der Waals surface area (Å²) >= 11 is 3.44. The lowest BCUT2D eigenvalue weighted by Gasteiger charge is -2.11.